The van der Waals surface area contributed by atoms with Gasteiger partial charge in [0.05, 0.1) is 4.90 Å². The Morgan fingerprint density at radius 1 is 1.00 bits per heavy atom. The molecular formula is C16H12FNO3S. The molecule has 0 aliphatic carbocycles. The predicted molar refractivity (Wildman–Crippen MR) is 78.5 cm³/mol. The third kappa shape index (κ3) is 2.53. The maximum atomic E-state index is 13.0. The lowest BCUT2D eigenvalue weighted by Crippen LogP contribution is -2.02. The molecular weight excluding hydrogens is 305 g/mol. The van der Waals surface area contributed by atoms with Gasteiger partial charge in [-0.25, -0.2) is 17.8 Å². The third-order valence-corrected chi connectivity index (χ3v) is 4.90. The van der Waals surface area contributed by atoms with Crippen LogP contribution in [-0.4, -0.2) is 13.4 Å². The first-order valence-corrected chi connectivity index (χ1v) is 7.98. The highest BCUT2D eigenvalue weighted by Crippen LogP contribution is 2.30. The second kappa shape index (κ2) is 5.38. The molecule has 3 rings (SSSR count). The Morgan fingerprint density at radius 3 is 2.27 bits per heavy atom. The number of benzene rings is 2. The highest BCUT2D eigenvalue weighted by atomic mass is 32.2. The van der Waals surface area contributed by atoms with Crippen molar-refractivity contribution in [2.45, 2.75) is 16.9 Å². The lowest BCUT2D eigenvalue weighted by atomic mass is 10.2. The van der Waals surface area contributed by atoms with Gasteiger partial charge in [-0.3, -0.25) is 0 Å². The molecule has 0 amide bonds. The van der Waals surface area contributed by atoms with Crippen LogP contribution >= 0.6 is 0 Å². The van der Waals surface area contributed by atoms with Crippen molar-refractivity contribution in [3.8, 4) is 11.3 Å². The summed E-state index contributed by atoms with van der Waals surface area (Å²) in [5, 5.41) is -0.247. The Kier molecular flexibility index (Phi) is 3.54. The van der Waals surface area contributed by atoms with Crippen molar-refractivity contribution in [1.82, 2.24) is 4.98 Å². The van der Waals surface area contributed by atoms with E-state index in [0.717, 1.165) is 12.0 Å². The zero-order valence-corrected chi connectivity index (χ0v) is 12.5. The van der Waals surface area contributed by atoms with E-state index in [1.54, 1.807) is 12.1 Å². The molecule has 0 saturated carbocycles. The average molecular weight is 317 g/mol. The van der Waals surface area contributed by atoms with Crippen LogP contribution in [0, 0.1) is 12.7 Å². The largest absolute Gasteiger partial charge is 0.431 e. The van der Waals surface area contributed by atoms with Crippen LogP contribution in [0.1, 0.15) is 5.56 Å². The molecule has 112 valence electrons. The van der Waals surface area contributed by atoms with Gasteiger partial charge in [-0.2, -0.15) is 0 Å². The molecule has 0 spiro atoms. The number of aromatic nitrogens is 1. The molecule has 2 aromatic carbocycles. The third-order valence-electron chi connectivity index (χ3n) is 3.23. The van der Waals surface area contributed by atoms with Gasteiger partial charge >= 0.3 is 0 Å². The van der Waals surface area contributed by atoms with Crippen molar-refractivity contribution in [2.75, 3.05) is 0 Å². The summed E-state index contributed by atoms with van der Waals surface area (Å²) in [7, 11) is -3.82. The molecule has 6 heteroatoms. The quantitative estimate of drug-likeness (QED) is 0.740. The van der Waals surface area contributed by atoms with Crippen LogP contribution in [0.3, 0.4) is 0 Å². The molecule has 0 saturated heterocycles. The molecule has 0 unspecified atom stereocenters. The van der Waals surface area contributed by atoms with Gasteiger partial charge in [-0.1, -0.05) is 17.7 Å². The fraction of sp³-hybridized carbons (Fsp3) is 0.0625. The van der Waals surface area contributed by atoms with E-state index in [1.165, 1.54) is 36.4 Å². The van der Waals surface area contributed by atoms with Gasteiger partial charge < -0.3 is 4.42 Å². The van der Waals surface area contributed by atoms with Crippen LogP contribution in [-0.2, 0) is 9.84 Å². The SMILES string of the molecule is Cc1ccc(S(=O)(=O)c2ocnc2-c2ccc(F)cc2)cc1. The van der Waals surface area contributed by atoms with Gasteiger partial charge in [0.15, 0.2) is 6.39 Å². The molecule has 1 heterocycles. The molecule has 4 nitrogen and oxygen atoms in total. The second-order valence-electron chi connectivity index (χ2n) is 4.81. The van der Waals surface area contributed by atoms with Crippen LogP contribution in [0.15, 0.2) is 69.3 Å². The smallest absolute Gasteiger partial charge is 0.250 e. The number of aryl methyl sites for hydroxylation is 1. The molecule has 0 aliphatic rings. The molecule has 0 atom stereocenters. The fourth-order valence-electron chi connectivity index (χ4n) is 2.05. The molecule has 22 heavy (non-hydrogen) atoms. The van der Waals surface area contributed by atoms with E-state index in [2.05, 4.69) is 4.98 Å². The standard InChI is InChI=1S/C16H12FNO3S/c1-11-2-8-14(9-3-11)22(19,20)16-15(18-10-21-16)12-4-6-13(17)7-5-12/h2-10H,1H3. The van der Waals surface area contributed by atoms with Gasteiger partial charge in [0.1, 0.15) is 11.5 Å². The minimum Gasteiger partial charge on any atom is -0.431 e. The molecule has 3 aromatic rings. The summed E-state index contributed by atoms with van der Waals surface area (Å²) in [5.41, 5.74) is 1.59. The number of sulfone groups is 1. The summed E-state index contributed by atoms with van der Waals surface area (Å²) in [4.78, 5) is 4.08. The first-order valence-electron chi connectivity index (χ1n) is 6.49. The maximum Gasteiger partial charge on any atom is 0.250 e. The first kappa shape index (κ1) is 14.5. The number of nitrogens with zero attached hydrogens (tertiary/aromatic N) is 1. The average Bonchev–Trinajstić information content (AvgIpc) is 2.99. The molecule has 0 aliphatic heterocycles. The van der Waals surface area contributed by atoms with Crippen LogP contribution in [0.5, 0.6) is 0 Å². The first-order chi connectivity index (χ1) is 10.5. The number of rotatable bonds is 3. The van der Waals surface area contributed by atoms with Gasteiger partial charge in [-0.05, 0) is 43.3 Å². The summed E-state index contributed by atoms with van der Waals surface area (Å²) >= 11 is 0. The Morgan fingerprint density at radius 2 is 1.64 bits per heavy atom. The number of hydrogen-bond donors (Lipinski definition) is 0. The molecule has 0 fully saturated rings. The van der Waals surface area contributed by atoms with Crippen LogP contribution in [0.4, 0.5) is 4.39 Å². The lowest BCUT2D eigenvalue weighted by Gasteiger charge is -2.04. The summed E-state index contributed by atoms with van der Waals surface area (Å²) in [6, 6.07) is 11.9. The zero-order valence-electron chi connectivity index (χ0n) is 11.7. The van der Waals surface area contributed by atoms with Crippen molar-refractivity contribution in [2.24, 2.45) is 0 Å². The zero-order chi connectivity index (χ0) is 15.7. The number of oxazole rings is 1. The van der Waals surface area contributed by atoms with Crippen LogP contribution < -0.4 is 0 Å². The van der Waals surface area contributed by atoms with E-state index in [9.17, 15) is 12.8 Å². The highest BCUT2D eigenvalue weighted by Gasteiger charge is 2.26. The summed E-state index contributed by atoms with van der Waals surface area (Å²) in [5.74, 6) is -0.407. The molecule has 1 aromatic heterocycles. The normalized spacial score (nSPS) is 11.5. The summed E-state index contributed by atoms with van der Waals surface area (Å²) in [6.07, 6.45) is 1.07. The van der Waals surface area contributed by atoms with Gasteiger partial charge in [-0.15, -0.1) is 0 Å². The number of hydrogen-bond acceptors (Lipinski definition) is 4. The van der Waals surface area contributed by atoms with E-state index in [1.807, 2.05) is 6.92 Å². The van der Waals surface area contributed by atoms with Crippen molar-refractivity contribution >= 4 is 9.84 Å². The second-order valence-corrected chi connectivity index (χ2v) is 6.66. The predicted octanol–water partition coefficient (Wildman–Crippen LogP) is 3.62. The lowest BCUT2D eigenvalue weighted by molar-refractivity contribution is 0.448. The van der Waals surface area contributed by atoms with Gasteiger partial charge in [0.25, 0.3) is 5.09 Å². The van der Waals surface area contributed by atoms with Gasteiger partial charge in [0, 0.05) is 5.56 Å². The minimum absolute atomic E-state index is 0.123. The van der Waals surface area contributed by atoms with Gasteiger partial charge in [0.2, 0.25) is 9.84 Å². The maximum absolute atomic E-state index is 13.0. The van der Waals surface area contributed by atoms with Crippen LogP contribution in [0.25, 0.3) is 11.3 Å². The Labute approximate surface area is 127 Å². The van der Waals surface area contributed by atoms with Crippen LogP contribution in [0.2, 0.25) is 0 Å². The summed E-state index contributed by atoms with van der Waals surface area (Å²) in [6.45, 7) is 1.87. The minimum atomic E-state index is -3.82. The molecule has 0 N–H and O–H groups in total. The highest BCUT2D eigenvalue weighted by molar-refractivity contribution is 7.91. The van der Waals surface area contributed by atoms with Crippen molar-refractivity contribution in [3.63, 3.8) is 0 Å². The topological polar surface area (TPSA) is 60.2 Å². The molecule has 0 radical (unpaired) electrons. The van der Waals surface area contributed by atoms with E-state index >= 15 is 0 Å². The Bertz CT molecular complexity index is 897. The fourth-order valence-corrected chi connectivity index (χ4v) is 3.35. The van der Waals surface area contributed by atoms with E-state index in [0.29, 0.717) is 5.56 Å². The molecule has 0 bridgehead atoms. The number of halogens is 1. The monoisotopic (exact) mass is 317 g/mol. The van der Waals surface area contributed by atoms with Crippen molar-refractivity contribution < 1.29 is 17.2 Å². The van der Waals surface area contributed by atoms with Crippen molar-refractivity contribution in [1.29, 1.82) is 0 Å². The van der Waals surface area contributed by atoms with E-state index in [-0.39, 0.29) is 15.7 Å². The van der Waals surface area contributed by atoms with E-state index in [4.69, 9.17) is 4.42 Å². The Hall–Kier alpha value is -2.47. The Balaban J connectivity index is 2.11. The summed E-state index contributed by atoms with van der Waals surface area (Å²) < 4.78 is 43.4. The van der Waals surface area contributed by atoms with Crippen molar-refractivity contribution in [3.05, 3.63) is 66.3 Å². The van der Waals surface area contributed by atoms with E-state index < -0.39 is 15.7 Å².